The van der Waals surface area contributed by atoms with Crippen molar-refractivity contribution in [2.24, 2.45) is 10.9 Å². The van der Waals surface area contributed by atoms with Gasteiger partial charge in [-0.15, -0.1) is 0 Å². The van der Waals surface area contributed by atoms with E-state index in [0.717, 1.165) is 30.8 Å². The SMILES string of the molecule is Cc1cc(OCC2CCCCO2)ccc1/C(N)=N/O. The molecule has 104 valence electrons. The first-order chi connectivity index (χ1) is 9.20. The maximum Gasteiger partial charge on any atom is 0.170 e. The van der Waals surface area contributed by atoms with Gasteiger partial charge in [0.25, 0.3) is 0 Å². The third-order valence-corrected chi connectivity index (χ3v) is 3.29. The molecule has 0 spiro atoms. The van der Waals surface area contributed by atoms with Crippen LogP contribution in [0.3, 0.4) is 0 Å². The fourth-order valence-electron chi connectivity index (χ4n) is 2.20. The molecule has 2 rings (SSSR count). The highest BCUT2D eigenvalue weighted by Gasteiger charge is 2.14. The third kappa shape index (κ3) is 3.61. The van der Waals surface area contributed by atoms with Crippen molar-refractivity contribution >= 4 is 5.84 Å². The smallest absolute Gasteiger partial charge is 0.170 e. The van der Waals surface area contributed by atoms with Gasteiger partial charge in [0, 0.05) is 12.2 Å². The summed E-state index contributed by atoms with van der Waals surface area (Å²) in [6.07, 6.45) is 3.60. The Kier molecular flexibility index (Phi) is 4.63. The number of nitrogens with two attached hydrogens (primary N) is 1. The van der Waals surface area contributed by atoms with E-state index in [0.29, 0.717) is 12.2 Å². The van der Waals surface area contributed by atoms with Crippen molar-refractivity contribution in [3.63, 3.8) is 0 Å². The fraction of sp³-hybridized carbons (Fsp3) is 0.500. The summed E-state index contributed by atoms with van der Waals surface area (Å²) in [7, 11) is 0. The number of amidine groups is 1. The Morgan fingerprint density at radius 2 is 2.37 bits per heavy atom. The Morgan fingerprint density at radius 3 is 3.00 bits per heavy atom. The van der Waals surface area contributed by atoms with E-state index in [1.54, 1.807) is 6.07 Å². The molecule has 0 bridgehead atoms. The highest BCUT2D eigenvalue weighted by atomic mass is 16.5. The van der Waals surface area contributed by atoms with E-state index in [-0.39, 0.29) is 11.9 Å². The summed E-state index contributed by atoms with van der Waals surface area (Å²) in [6, 6.07) is 5.50. The molecular formula is C14H20N2O3. The second kappa shape index (κ2) is 6.43. The zero-order valence-electron chi connectivity index (χ0n) is 11.1. The van der Waals surface area contributed by atoms with Gasteiger partial charge in [-0.3, -0.25) is 0 Å². The molecule has 0 aliphatic carbocycles. The molecule has 1 aliphatic heterocycles. The fourth-order valence-corrected chi connectivity index (χ4v) is 2.20. The van der Waals surface area contributed by atoms with E-state index >= 15 is 0 Å². The number of benzene rings is 1. The van der Waals surface area contributed by atoms with Crippen LogP contribution in [0.5, 0.6) is 5.75 Å². The standard InChI is InChI=1S/C14H20N2O3/c1-10-8-11(5-6-13(10)14(15)16-17)19-9-12-4-2-3-7-18-12/h5-6,8,12,17H,2-4,7,9H2,1H3,(H2,15,16). The zero-order valence-corrected chi connectivity index (χ0v) is 11.1. The van der Waals surface area contributed by atoms with Gasteiger partial charge in [-0.2, -0.15) is 0 Å². The molecule has 5 nitrogen and oxygen atoms in total. The third-order valence-electron chi connectivity index (χ3n) is 3.29. The van der Waals surface area contributed by atoms with Crippen molar-refractivity contribution in [3.8, 4) is 5.75 Å². The molecule has 1 aromatic rings. The van der Waals surface area contributed by atoms with Crippen LogP contribution in [0.25, 0.3) is 0 Å². The molecule has 1 aromatic carbocycles. The van der Waals surface area contributed by atoms with Gasteiger partial charge in [-0.1, -0.05) is 5.16 Å². The lowest BCUT2D eigenvalue weighted by molar-refractivity contribution is -0.0110. The first-order valence-electron chi connectivity index (χ1n) is 6.53. The van der Waals surface area contributed by atoms with Gasteiger partial charge < -0.3 is 20.4 Å². The van der Waals surface area contributed by atoms with E-state index in [2.05, 4.69) is 5.16 Å². The maximum atomic E-state index is 8.67. The van der Waals surface area contributed by atoms with Crippen LogP contribution in [0.1, 0.15) is 30.4 Å². The molecule has 1 unspecified atom stereocenters. The first-order valence-corrected chi connectivity index (χ1v) is 6.53. The summed E-state index contributed by atoms with van der Waals surface area (Å²) >= 11 is 0. The summed E-state index contributed by atoms with van der Waals surface area (Å²) in [5, 5.41) is 11.7. The highest BCUT2D eigenvalue weighted by molar-refractivity contribution is 5.98. The van der Waals surface area contributed by atoms with E-state index in [9.17, 15) is 0 Å². The lowest BCUT2D eigenvalue weighted by Gasteiger charge is -2.22. The Hall–Kier alpha value is -1.75. The van der Waals surface area contributed by atoms with Gasteiger partial charge in [0.05, 0.1) is 6.10 Å². The second-order valence-corrected chi connectivity index (χ2v) is 4.76. The lowest BCUT2D eigenvalue weighted by atomic mass is 10.1. The number of rotatable bonds is 4. The number of aryl methyl sites for hydroxylation is 1. The molecule has 0 saturated carbocycles. The number of hydrogen-bond acceptors (Lipinski definition) is 4. The van der Waals surface area contributed by atoms with Crippen LogP contribution in [0, 0.1) is 6.92 Å². The molecule has 1 atom stereocenters. The molecule has 5 heteroatoms. The highest BCUT2D eigenvalue weighted by Crippen LogP contribution is 2.19. The Bertz CT molecular complexity index is 454. The molecule has 1 aliphatic rings. The predicted molar refractivity (Wildman–Crippen MR) is 72.8 cm³/mol. The van der Waals surface area contributed by atoms with E-state index in [4.69, 9.17) is 20.4 Å². The minimum absolute atomic E-state index is 0.111. The molecule has 1 heterocycles. The van der Waals surface area contributed by atoms with Crippen LogP contribution < -0.4 is 10.5 Å². The van der Waals surface area contributed by atoms with Crippen molar-refractivity contribution in [3.05, 3.63) is 29.3 Å². The van der Waals surface area contributed by atoms with E-state index in [1.807, 2.05) is 19.1 Å². The summed E-state index contributed by atoms with van der Waals surface area (Å²) in [5.41, 5.74) is 7.20. The summed E-state index contributed by atoms with van der Waals surface area (Å²) in [4.78, 5) is 0. The van der Waals surface area contributed by atoms with Crippen molar-refractivity contribution in [1.82, 2.24) is 0 Å². The average molecular weight is 264 g/mol. The molecule has 3 N–H and O–H groups in total. The van der Waals surface area contributed by atoms with Crippen LogP contribution in [0.2, 0.25) is 0 Å². The van der Waals surface area contributed by atoms with Gasteiger partial charge in [-0.05, 0) is 49.9 Å². The summed E-state index contributed by atoms with van der Waals surface area (Å²) in [6.45, 7) is 3.30. The monoisotopic (exact) mass is 264 g/mol. The number of hydrogen-bond donors (Lipinski definition) is 2. The molecule has 0 aromatic heterocycles. The van der Waals surface area contributed by atoms with Gasteiger partial charge >= 0.3 is 0 Å². The van der Waals surface area contributed by atoms with Crippen molar-refractivity contribution < 1.29 is 14.7 Å². The molecule has 1 saturated heterocycles. The average Bonchev–Trinajstić information content (AvgIpc) is 2.45. The van der Waals surface area contributed by atoms with Crippen molar-refractivity contribution in [2.45, 2.75) is 32.3 Å². The Labute approximate surface area is 113 Å². The minimum atomic E-state index is 0.111. The molecule has 0 amide bonds. The minimum Gasteiger partial charge on any atom is -0.491 e. The van der Waals surface area contributed by atoms with Crippen LogP contribution in [-0.4, -0.2) is 30.4 Å². The normalized spacial score (nSPS) is 20.3. The van der Waals surface area contributed by atoms with Gasteiger partial charge in [0.1, 0.15) is 12.4 Å². The summed E-state index contributed by atoms with van der Waals surface area (Å²) < 4.78 is 11.3. The first kappa shape index (κ1) is 13.7. The molecular weight excluding hydrogens is 244 g/mol. The second-order valence-electron chi connectivity index (χ2n) is 4.76. The van der Waals surface area contributed by atoms with Crippen LogP contribution in [-0.2, 0) is 4.74 Å². The van der Waals surface area contributed by atoms with E-state index in [1.165, 1.54) is 6.42 Å². The van der Waals surface area contributed by atoms with E-state index < -0.39 is 0 Å². The van der Waals surface area contributed by atoms with Crippen LogP contribution in [0.4, 0.5) is 0 Å². The quantitative estimate of drug-likeness (QED) is 0.377. The Balaban J connectivity index is 1.96. The van der Waals surface area contributed by atoms with Crippen LogP contribution in [0.15, 0.2) is 23.4 Å². The molecule has 0 radical (unpaired) electrons. The lowest BCUT2D eigenvalue weighted by Crippen LogP contribution is -2.25. The topological polar surface area (TPSA) is 77.1 Å². The van der Waals surface area contributed by atoms with Crippen LogP contribution >= 0.6 is 0 Å². The van der Waals surface area contributed by atoms with Gasteiger partial charge in [0.15, 0.2) is 5.84 Å². The van der Waals surface area contributed by atoms with Crippen molar-refractivity contribution in [1.29, 1.82) is 0 Å². The maximum absolute atomic E-state index is 8.67. The van der Waals surface area contributed by atoms with Crippen molar-refractivity contribution in [2.75, 3.05) is 13.2 Å². The number of nitrogens with zero attached hydrogens (tertiary/aromatic N) is 1. The largest absolute Gasteiger partial charge is 0.491 e. The van der Waals surface area contributed by atoms with Gasteiger partial charge in [-0.25, -0.2) is 0 Å². The summed E-state index contributed by atoms with van der Waals surface area (Å²) in [5.74, 6) is 0.890. The Morgan fingerprint density at radius 1 is 1.53 bits per heavy atom. The number of ether oxygens (including phenoxy) is 2. The van der Waals surface area contributed by atoms with Gasteiger partial charge in [0.2, 0.25) is 0 Å². The molecule has 1 fully saturated rings. The predicted octanol–water partition coefficient (Wildman–Crippen LogP) is 2.04. The number of oxime groups is 1. The zero-order chi connectivity index (χ0) is 13.7. The molecule has 19 heavy (non-hydrogen) atoms.